The number of carbonyl (C=O) groups excluding carboxylic acids is 1. The Labute approximate surface area is 107 Å². The van der Waals surface area contributed by atoms with Crippen molar-refractivity contribution in [3.05, 3.63) is 17.7 Å². The van der Waals surface area contributed by atoms with E-state index < -0.39 is 0 Å². The number of aromatic nitrogens is 2. The van der Waals surface area contributed by atoms with Crippen LogP contribution in [0, 0.1) is 0 Å². The van der Waals surface area contributed by atoms with Gasteiger partial charge in [0.25, 0.3) is 0 Å². The Hall–Kier alpha value is -1.40. The Kier molecular flexibility index (Phi) is 3.98. The van der Waals surface area contributed by atoms with Crippen LogP contribution in [-0.2, 0) is 22.7 Å². The number of hydrogen-bond donors (Lipinski definition) is 1. The van der Waals surface area contributed by atoms with Gasteiger partial charge >= 0.3 is 0 Å². The monoisotopic (exact) mass is 252 g/mol. The number of imidazole rings is 1. The van der Waals surface area contributed by atoms with Crippen LogP contribution in [0.1, 0.15) is 24.5 Å². The van der Waals surface area contributed by atoms with Crippen molar-refractivity contribution in [3.8, 4) is 0 Å². The van der Waals surface area contributed by atoms with Crippen molar-refractivity contribution in [1.29, 1.82) is 0 Å². The fourth-order valence-electron chi connectivity index (χ4n) is 2.00. The molecule has 100 valence electrons. The van der Waals surface area contributed by atoms with Crippen LogP contribution in [0.5, 0.6) is 0 Å². The normalized spacial score (nSPS) is 18.5. The molecule has 0 fully saturated rings. The highest BCUT2D eigenvalue weighted by atomic mass is 16.5. The molecule has 6 heteroatoms. The molecule has 18 heavy (non-hydrogen) atoms. The average Bonchev–Trinajstić information content (AvgIpc) is 2.74. The molecule has 0 saturated heterocycles. The van der Waals surface area contributed by atoms with Gasteiger partial charge in [0.2, 0.25) is 5.91 Å². The quantitative estimate of drug-likeness (QED) is 0.829. The summed E-state index contributed by atoms with van der Waals surface area (Å²) in [6.45, 7) is 4.48. The van der Waals surface area contributed by atoms with Crippen molar-refractivity contribution < 1.29 is 9.53 Å². The van der Waals surface area contributed by atoms with E-state index in [-0.39, 0.29) is 18.6 Å². The molecule has 0 aromatic carbocycles. The summed E-state index contributed by atoms with van der Waals surface area (Å²) in [5.41, 5.74) is 1.03. The SMILES string of the molecule is C[C@@H]1NCCn2c(COCC(=O)N(C)C)cnc21. The summed E-state index contributed by atoms with van der Waals surface area (Å²) in [6.07, 6.45) is 1.83. The molecule has 0 aliphatic carbocycles. The number of rotatable bonds is 4. The Bertz CT molecular complexity index is 428. The molecule has 1 aromatic rings. The second-order valence-corrected chi connectivity index (χ2v) is 4.72. The van der Waals surface area contributed by atoms with Gasteiger partial charge in [-0.2, -0.15) is 0 Å². The molecule has 0 bridgehead atoms. The molecule has 0 spiro atoms. The van der Waals surface area contributed by atoms with E-state index >= 15 is 0 Å². The van der Waals surface area contributed by atoms with Crippen LogP contribution in [0.15, 0.2) is 6.20 Å². The molecule has 1 atom stereocenters. The lowest BCUT2D eigenvalue weighted by Crippen LogP contribution is -2.32. The highest BCUT2D eigenvalue weighted by Crippen LogP contribution is 2.17. The van der Waals surface area contributed by atoms with Crippen molar-refractivity contribution in [1.82, 2.24) is 19.8 Å². The Morgan fingerprint density at radius 1 is 1.67 bits per heavy atom. The zero-order chi connectivity index (χ0) is 13.1. The molecule has 2 heterocycles. The van der Waals surface area contributed by atoms with E-state index in [1.165, 1.54) is 4.90 Å². The van der Waals surface area contributed by atoms with Gasteiger partial charge in [-0.25, -0.2) is 4.98 Å². The zero-order valence-corrected chi connectivity index (χ0v) is 11.1. The average molecular weight is 252 g/mol. The maximum Gasteiger partial charge on any atom is 0.248 e. The standard InChI is InChI=1S/C12H20N4O2/c1-9-12-14-6-10(16(12)5-4-13-9)7-18-8-11(17)15(2)3/h6,9,13H,4-5,7-8H2,1-3H3/t9-/m0/s1. The lowest BCUT2D eigenvalue weighted by atomic mass is 10.2. The molecule has 0 unspecified atom stereocenters. The van der Waals surface area contributed by atoms with Gasteiger partial charge in [0, 0.05) is 27.2 Å². The summed E-state index contributed by atoms with van der Waals surface area (Å²) >= 11 is 0. The van der Waals surface area contributed by atoms with Crippen molar-refractivity contribution >= 4 is 5.91 Å². The third-order valence-electron chi connectivity index (χ3n) is 3.12. The fourth-order valence-corrected chi connectivity index (χ4v) is 2.00. The van der Waals surface area contributed by atoms with Gasteiger partial charge in [0.15, 0.2) is 0 Å². The number of carbonyl (C=O) groups is 1. The van der Waals surface area contributed by atoms with Gasteiger partial charge in [0.1, 0.15) is 12.4 Å². The van der Waals surface area contributed by atoms with Crippen molar-refractivity contribution in [2.75, 3.05) is 27.2 Å². The molecular weight excluding hydrogens is 232 g/mol. The van der Waals surface area contributed by atoms with Crippen LogP contribution in [0.2, 0.25) is 0 Å². The smallest absolute Gasteiger partial charge is 0.248 e. The summed E-state index contributed by atoms with van der Waals surface area (Å²) < 4.78 is 7.60. The van der Waals surface area contributed by atoms with E-state index in [0.717, 1.165) is 24.6 Å². The molecule has 6 nitrogen and oxygen atoms in total. The lowest BCUT2D eigenvalue weighted by molar-refractivity contribution is -0.134. The first kappa shape index (κ1) is 13.0. The van der Waals surface area contributed by atoms with Gasteiger partial charge in [-0.05, 0) is 6.92 Å². The third-order valence-corrected chi connectivity index (χ3v) is 3.12. The van der Waals surface area contributed by atoms with E-state index in [1.54, 1.807) is 14.1 Å². The van der Waals surface area contributed by atoms with E-state index in [9.17, 15) is 4.79 Å². The van der Waals surface area contributed by atoms with Crippen LogP contribution in [-0.4, -0.2) is 47.6 Å². The predicted octanol–water partition coefficient (Wildman–Crippen LogP) is 0.152. The molecular formula is C12H20N4O2. The third kappa shape index (κ3) is 2.70. The maximum atomic E-state index is 11.4. The van der Waals surface area contributed by atoms with Crippen LogP contribution >= 0.6 is 0 Å². The second kappa shape index (κ2) is 5.49. The van der Waals surface area contributed by atoms with E-state index in [4.69, 9.17) is 4.74 Å². The molecule has 1 aliphatic rings. The maximum absolute atomic E-state index is 11.4. The fraction of sp³-hybridized carbons (Fsp3) is 0.667. The van der Waals surface area contributed by atoms with E-state index in [1.807, 2.05) is 6.20 Å². The number of nitrogens with one attached hydrogen (secondary N) is 1. The van der Waals surface area contributed by atoms with Crippen molar-refractivity contribution in [2.45, 2.75) is 26.1 Å². The summed E-state index contributed by atoms with van der Waals surface area (Å²) in [4.78, 5) is 17.3. The minimum absolute atomic E-state index is 0.0246. The summed E-state index contributed by atoms with van der Waals surface area (Å²) in [6, 6.07) is 0.274. The molecule has 1 amide bonds. The van der Waals surface area contributed by atoms with Crippen LogP contribution in [0.3, 0.4) is 0 Å². The van der Waals surface area contributed by atoms with Crippen LogP contribution in [0.4, 0.5) is 0 Å². The lowest BCUT2D eigenvalue weighted by Gasteiger charge is -2.23. The predicted molar refractivity (Wildman–Crippen MR) is 67.0 cm³/mol. The van der Waals surface area contributed by atoms with Crippen molar-refractivity contribution in [3.63, 3.8) is 0 Å². The molecule has 0 radical (unpaired) electrons. The number of amides is 1. The largest absolute Gasteiger partial charge is 0.365 e. The second-order valence-electron chi connectivity index (χ2n) is 4.72. The minimum Gasteiger partial charge on any atom is -0.365 e. The van der Waals surface area contributed by atoms with E-state index in [2.05, 4.69) is 21.8 Å². The van der Waals surface area contributed by atoms with E-state index in [0.29, 0.717) is 6.61 Å². The van der Waals surface area contributed by atoms with Gasteiger partial charge < -0.3 is 19.5 Å². The molecule has 1 aliphatic heterocycles. The first-order valence-corrected chi connectivity index (χ1v) is 6.15. The van der Waals surface area contributed by atoms with Crippen LogP contribution in [0.25, 0.3) is 0 Å². The molecule has 1 aromatic heterocycles. The highest BCUT2D eigenvalue weighted by Gasteiger charge is 2.19. The van der Waals surface area contributed by atoms with Gasteiger partial charge in [-0.3, -0.25) is 4.79 Å². The van der Waals surface area contributed by atoms with Gasteiger partial charge in [-0.15, -0.1) is 0 Å². The highest BCUT2D eigenvalue weighted by molar-refractivity contribution is 5.76. The topological polar surface area (TPSA) is 59.4 Å². The number of ether oxygens (including phenoxy) is 1. The first-order chi connectivity index (χ1) is 8.59. The van der Waals surface area contributed by atoms with Crippen LogP contribution < -0.4 is 5.32 Å². The minimum atomic E-state index is -0.0246. The van der Waals surface area contributed by atoms with Gasteiger partial charge in [0.05, 0.1) is 24.5 Å². The number of fused-ring (bicyclic) bond motifs is 1. The number of hydrogen-bond acceptors (Lipinski definition) is 4. The molecule has 1 N–H and O–H groups in total. The Balaban J connectivity index is 1.93. The Morgan fingerprint density at radius 2 is 2.44 bits per heavy atom. The number of likely N-dealkylation sites (N-methyl/N-ethyl adjacent to an activating group) is 1. The summed E-state index contributed by atoms with van der Waals surface area (Å²) in [5, 5.41) is 3.36. The number of nitrogens with zero attached hydrogens (tertiary/aromatic N) is 3. The zero-order valence-electron chi connectivity index (χ0n) is 11.1. The first-order valence-electron chi connectivity index (χ1n) is 6.15. The molecule has 2 rings (SSSR count). The Morgan fingerprint density at radius 3 is 3.17 bits per heavy atom. The van der Waals surface area contributed by atoms with Crippen molar-refractivity contribution in [2.24, 2.45) is 0 Å². The van der Waals surface area contributed by atoms with Gasteiger partial charge in [-0.1, -0.05) is 0 Å². The molecule has 0 saturated carbocycles. The summed E-state index contributed by atoms with van der Waals surface area (Å²) in [7, 11) is 3.44. The summed E-state index contributed by atoms with van der Waals surface area (Å²) in [5.74, 6) is 1.02.